The van der Waals surface area contributed by atoms with Crippen LogP contribution in [0.3, 0.4) is 0 Å². The van der Waals surface area contributed by atoms with E-state index in [4.69, 9.17) is 19.5 Å². The molecule has 0 amide bonds. The Morgan fingerprint density at radius 2 is 2.25 bits per heavy atom. The Kier molecular flexibility index (Phi) is 5.62. The molecule has 11 nitrogen and oxygen atoms in total. The number of fused-ring (bicyclic) bond motifs is 2. The Bertz CT molecular complexity index is 912. The number of nitrogens with two attached hydrogens (primary N) is 1. The second-order valence-electron chi connectivity index (χ2n) is 6.64. The number of aliphatic hydroxyl groups excluding tert-OH is 1. The molecular formula is C15H22N5O6PS. The van der Waals surface area contributed by atoms with E-state index in [9.17, 15) is 14.6 Å². The lowest BCUT2D eigenvalue weighted by molar-refractivity contribution is -0.0684. The molecule has 2 aliphatic heterocycles. The monoisotopic (exact) mass is 431 g/mol. The van der Waals surface area contributed by atoms with E-state index in [1.807, 2.05) is 0 Å². The third-order valence-corrected chi connectivity index (χ3v) is 6.70. The van der Waals surface area contributed by atoms with Gasteiger partial charge in [0, 0.05) is 5.75 Å². The van der Waals surface area contributed by atoms with Crippen LogP contribution in [0.2, 0.25) is 0 Å². The Labute approximate surface area is 165 Å². The maximum absolute atomic E-state index is 11.7. The molecule has 5 atom stereocenters. The predicted molar refractivity (Wildman–Crippen MR) is 101 cm³/mol. The number of phosphoric ester groups is 1. The normalized spacial score (nSPS) is 32.7. The Morgan fingerprint density at radius 3 is 3.04 bits per heavy atom. The van der Waals surface area contributed by atoms with E-state index < -0.39 is 32.4 Å². The number of aromatic nitrogens is 4. The molecule has 5 unspecified atom stereocenters. The largest absolute Gasteiger partial charge is 0.472 e. The zero-order valence-electron chi connectivity index (χ0n) is 15.2. The second-order valence-corrected chi connectivity index (χ2v) is 9.11. The van der Waals surface area contributed by atoms with Crippen LogP contribution < -0.4 is 5.73 Å². The highest BCUT2D eigenvalue weighted by atomic mass is 32.2. The SMILES string of the molecule is CCCCCSc1nc2c(N)ncnc2n1C1OC2COP(=O)(O)OC2C1O. The van der Waals surface area contributed by atoms with Gasteiger partial charge in [-0.25, -0.2) is 19.5 Å². The van der Waals surface area contributed by atoms with Crippen molar-refractivity contribution in [1.82, 2.24) is 19.5 Å². The third kappa shape index (κ3) is 3.65. The molecular weight excluding hydrogens is 409 g/mol. The molecule has 2 saturated heterocycles. The van der Waals surface area contributed by atoms with Gasteiger partial charge in [0.2, 0.25) is 0 Å². The summed E-state index contributed by atoms with van der Waals surface area (Å²) in [5, 5.41) is 11.4. The van der Waals surface area contributed by atoms with Gasteiger partial charge in [0.15, 0.2) is 28.4 Å². The number of ether oxygens (including phenoxy) is 1. The first kappa shape index (κ1) is 20.0. The van der Waals surface area contributed by atoms with Gasteiger partial charge in [0.1, 0.15) is 24.6 Å². The van der Waals surface area contributed by atoms with Crippen molar-refractivity contribution in [3.05, 3.63) is 6.33 Å². The summed E-state index contributed by atoms with van der Waals surface area (Å²) in [7, 11) is -4.21. The lowest BCUT2D eigenvalue weighted by Gasteiger charge is -2.27. The lowest BCUT2D eigenvalue weighted by Crippen LogP contribution is -2.39. The average Bonchev–Trinajstić information content (AvgIpc) is 3.17. The van der Waals surface area contributed by atoms with Gasteiger partial charge in [-0.05, 0) is 6.42 Å². The fourth-order valence-electron chi connectivity index (χ4n) is 3.30. The first-order valence-corrected chi connectivity index (χ1v) is 11.5. The fraction of sp³-hybridized carbons (Fsp3) is 0.667. The Morgan fingerprint density at radius 1 is 1.43 bits per heavy atom. The number of unbranched alkanes of at least 4 members (excludes halogenated alkanes) is 2. The number of nitrogen functional groups attached to an aromatic ring is 1. The number of hydrogen-bond donors (Lipinski definition) is 3. The lowest BCUT2D eigenvalue weighted by atomic mass is 10.1. The van der Waals surface area contributed by atoms with Gasteiger partial charge >= 0.3 is 7.82 Å². The second kappa shape index (κ2) is 7.86. The summed E-state index contributed by atoms with van der Waals surface area (Å²) in [6.07, 6.45) is 0.712. The van der Waals surface area contributed by atoms with E-state index >= 15 is 0 Å². The van der Waals surface area contributed by atoms with Crippen molar-refractivity contribution in [3.8, 4) is 0 Å². The van der Waals surface area contributed by atoms with Crippen LogP contribution in [0.5, 0.6) is 0 Å². The van der Waals surface area contributed by atoms with Crippen molar-refractivity contribution in [2.24, 2.45) is 0 Å². The van der Waals surface area contributed by atoms with E-state index in [1.165, 1.54) is 18.1 Å². The van der Waals surface area contributed by atoms with Crippen LogP contribution >= 0.6 is 19.6 Å². The highest BCUT2D eigenvalue weighted by molar-refractivity contribution is 7.99. The zero-order chi connectivity index (χ0) is 19.9. The molecule has 0 spiro atoms. The smallest absolute Gasteiger partial charge is 0.386 e. The van der Waals surface area contributed by atoms with Gasteiger partial charge in [0.25, 0.3) is 0 Å². The topological polar surface area (TPSA) is 155 Å². The highest BCUT2D eigenvalue weighted by Crippen LogP contribution is 2.53. The molecule has 0 radical (unpaired) electrons. The fourth-order valence-corrected chi connectivity index (χ4v) is 5.28. The van der Waals surface area contributed by atoms with Crippen molar-refractivity contribution in [1.29, 1.82) is 0 Å². The maximum atomic E-state index is 11.7. The summed E-state index contributed by atoms with van der Waals surface area (Å²) in [5.74, 6) is 1.05. The van der Waals surface area contributed by atoms with Gasteiger partial charge in [0.05, 0.1) is 6.61 Å². The first-order chi connectivity index (χ1) is 13.4. The summed E-state index contributed by atoms with van der Waals surface area (Å²) in [4.78, 5) is 22.3. The molecule has 0 bridgehead atoms. The van der Waals surface area contributed by atoms with Crippen LogP contribution in [0.4, 0.5) is 5.82 Å². The van der Waals surface area contributed by atoms with E-state index in [2.05, 4.69) is 21.9 Å². The van der Waals surface area contributed by atoms with E-state index in [1.54, 1.807) is 4.57 Å². The van der Waals surface area contributed by atoms with Gasteiger partial charge in [-0.1, -0.05) is 31.5 Å². The molecule has 0 aromatic carbocycles. The molecule has 2 aromatic rings. The number of rotatable bonds is 6. The van der Waals surface area contributed by atoms with Crippen LogP contribution in [0.25, 0.3) is 11.2 Å². The number of thioether (sulfide) groups is 1. The van der Waals surface area contributed by atoms with Crippen molar-refractivity contribution >= 4 is 36.6 Å². The van der Waals surface area contributed by atoms with Crippen molar-refractivity contribution in [2.45, 2.75) is 55.9 Å². The minimum Gasteiger partial charge on any atom is -0.386 e. The van der Waals surface area contributed by atoms with E-state index in [0.717, 1.165) is 25.0 Å². The summed E-state index contributed by atoms with van der Waals surface area (Å²) in [6.45, 7) is 1.97. The van der Waals surface area contributed by atoms with Gasteiger partial charge in [-0.2, -0.15) is 0 Å². The van der Waals surface area contributed by atoms with Gasteiger partial charge < -0.3 is 20.5 Å². The summed E-state index contributed by atoms with van der Waals surface area (Å²) in [5.41, 5.74) is 6.78. The predicted octanol–water partition coefficient (Wildman–Crippen LogP) is 1.46. The highest BCUT2D eigenvalue weighted by Gasteiger charge is 2.53. The van der Waals surface area contributed by atoms with Gasteiger partial charge in [-0.15, -0.1) is 0 Å². The average molecular weight is 431 g/mol. The van der Waals surface area contributed by atoms with Crippen LogP contribution in [-0.4, -0.2) is 60.2 Å². The quantitative estimate of drug-likeness (QED) is 0.346. The third-order valence-electron chi connectivity index (χ3n) is 4.67. The van der Waals surface area contributed by atoms with Crippen molar-refractivity contribution in [2.75, 3.05) is 18.1 Å². The Hall–Kier alpha value is -1.27. The molecule has 4 rings (SSSR count). The van der Waals surface area contributed by atoms with Crippen LogP contribution in [-0.2, 0) is 18.3 Å². The molecule has 2 aliphatic rings. The van der Waals surface area contributed by atoms with Crippen molar-refractivity contribution < 1.29 is 28.3 Å². The number of nitrogens with zero attached hydrogens (tertiary/aromatic N) is 4. The molecule has 4 N–H and O–H groups in total. The molecule has 28 heavy (non-hydrogen) atoms. The zero-order valence-corrected chi connectivity index (χ0v) is 16.9. The number of hydrogen-bond acceptors (Lipinski definition) is 10. The van der Waals surface area contributed by atoms with Crippen LogP contribution in [0.15, 0.2) is 11.5 Å². The number of imidazole rings is 1. The van der Waals surface area contributed by atoms with Crippen LogP contribution in [0.1, 0.15) is 32.4 Å². The van der Waals surface area contributed by atoms with E-state index in [-0.39, 0.29) is 12.4 Å². The molecule has 0 aliphatic carbocycles. The molecule has 154 valence electrons. The van der Waals surface area contributed by atoms with Gasteiger partial charge in [-0.3, -0.25) is 13.6 Å². The summed E-state index contributed by atoms with van der Waals surface area (Å²) < 4.78 is 29.1. The minimum absolute atomic E-state index is 0.158. The molecule has 2 fully saturated rings. The van der Waals surface area contributed by atoms with Crippen LogP contribution in [0, 0.1) is 0 Å². The first-order valence-electron chi connectivity index (χ1n) is 9.01. The summed E-state index contributed by atoms with van der Waals surface area (Å²) >= 11 is 1.50. The minimum atomic E-state index is -4.21. The molecule has 0 saturated carbocycles. The molecule has 4 heterocycles. The van der Waals surface area contributed by atoms with E-state index in [0.29, 0.717) is 16.3 Å². The summed E-state index contributed by atoms with van der Waals surface area (Å²) in [6, 6.07) is 0. The standard InChI is InChI=1S/C15H22N5O6PS/c1-2-3-4-5-28-15-19-9-12(16)17-7-18-13(9)20(15)14-10(21)11-8(25-14)6-24-27(22,23)26-11/h7-8,10-11,14,21H,2-6H2,1H3,(H,22,23)(H2,16,17,18). The number of aliphatic hydroxyl groups is 1. The molecule has 2 aromatic heterocycles. The number of anilines is 1. The molecule has 13 heteroatoms. The van der Waals surface area contributed by atoms with Crippen molar-refractivity contribution in [3.63, 3.8) is 0 Å². The number of phosphoric acid groups is 1. The maximum Gasteiger partial charge on any atom is 0.472 e. The Balaban J connectivity index is 1.69.